The lowest BCUT2D eigenvalue weighted by Crippen LogP contribution is -2.23. The number of ether oxygens (including phenoxy) is 1. The van der Waals surface area contributed by atoms with Crippen LogP contribution in [0.15, 0.2) is 12.3 Å². The van der Waals surface area contributed by atoms with Gasteiger partial charge in [-0.15, -0.1) is 0 Å². The molecule has 3 rings (SSSR count). The highest BCUT2D eigenvalue weighted by Crippen LogP contribution is 2.33. The average molecular weight is 221 g/mol. The van der Waals surface area contributed by atoms with E-state index in [4.69, 9.17) is 4.74 Å². The lowest BCUT2D eigenvalue weighted by Gasteiger charge is -2.28. The Hall–Kier alpha value is -0.800. The van der Waals surface area contributed by atoms with Gasteiger partial charge < -0.3 is 14.4 Å². The third-order valence-corrected chi connectivity index (χ3v) is 3.84. The average Bonchev–Trinajstić information content (AvgIpc) is 2.75. The molecule has 1 N–H and O–H groups in total. The van der Waals surface area contributed by atoms with Gasteiger partial charge in [0, 0.05) is 24.1 Å². The zero-order chi connectivity index (χ0) is 11.0. The summed E-state index contributed by atoms with van der Waals surface area (Å²) in [7, 11) is 0. The van der Waals surface area contributed by atoms with Gasteiger partial charge in [0.25, 0.3) is 0 Å². The van der Waals surface area contributed by atoms with Gasteiger partial charge in [-0.1, -0.05) is 0 Å². The Morgan fingerprint density at radius 3 is 3.06 bits per heavy atom. The van der Waals surface area contributed by atoms with E-state index < -0.39 is 0 Å². The first-order valence-corrected chi connectivity index (χ1v) is 6.31. The molecule has 2 unspecified atom stereocenters. The highest BCUT2D eigenvalue weighted by molar-refractivity contribution is 5.28. The molecule has 0 bridgehead atoms. The summed E-state index contributed by atoms with van der Waals surface area (Å²) < 4.78 is 7.88. The maximum Gasteiger partial charge on any atom is 0.0807 e. The molecule has 2 aliphatic rings. The van der Waals surface area contributed by atoms with Crippen LogP contribution in [-0.2, 0) is 11.2 Å². The van der Waals surface area contributed by atoms with Gasteiger partial charge in [-0.2, -0.15) is 0 Å². The van der Waals surface area contributed by atoms with Crippen LogP contribution >= 0.6 is 0 Å². The van der Waals surface area contributed by atoms with Crippen molar-refractivity contribution in [1.82, 2.24) is 4.57 Å². The van der Waals surface area contributed by atoms with E-state index in [2.05, 4.69) is 16.8 Å². The van der Waals surface area contributed by atoms with Gasteiger partial charge in [-0.05, 0) is 38.2 Å². The molecule has 0 saturated carbocycles. The number of rotatable bonds is 1. The van der Waals surface area contributed by atoms with Gasteiger partial charge >= 0.3 is 0 Å². The third-order valence-electron chi connectivity index (χ3n) is 3.84. The summed E-state index contributed by atoms with van der Waals surface area (Å²) in [6.45, 7) is 1.74. The number of aliphatic hydroxyl groups is 1. The molecular formula is C13H19NO2. The number of hydrogen-bond donors (Lipinski definition) is 1. The van der Waals surface area contributed by atoms with Crippen LogP contribution in [0.3, 0.4) is 0 Å². The standard InChI is InChI=1S/C13H19NO2/c15-13-5-1-4-12-11(13)6-7-14(12)10-3-2-8-16-9-10/h6-7,10,13,15H,1-5,8-9H2. The summed E-state index contributed by atoms with van der Waals surface area (Å²) in [6, 6.07) is 2.58. The van der Waals surface area contributed by atoms with E-state index in [1.54, 1.807) is 0 Å². The van der Waals surface area contributed by atoms with Crippen LogP contribution in [0.4, 0.5) is 0 Å². The van der Waals surface area contributed by atoms with Crippen LogP contribution in [0, 0.1) is 0 Å². The van der Waals surface area contributed by atoms with E-state index in [0.717, 1.165) is 44.5 Å². The van der Waals surface area contributed by atoms with Crippen molar-refractivity contribution >= 4 is 0 Å². The fourth-order valence-corrected chi connectivity index (χ4v) is 2.98. The second-order valence-electron chi connectivity index (χ2n) is 4.90. The van der Waals surface area contributed by atoms with Crippen LogP contribution in [-0.4, -0.2) is 22.9 Å². The Morgan fingerprint density at radius 2 is 2.25 bits per heavy atom. The molecule has 1 saturated heterocycles. The van der Waals surface area contributed by atoms with E-state index in [1.807, 2.05) is 0 Å². The molecule has 16 heavy (non-hydrogen) atoms. The zero-order valence-corrected chi connectivity index (χ0v) is 9.56. The molecule has 1 aromatic rings. The quantitative estimate of drug-likeness (QED) is 0.789. The summed E-state index contributed by atoms with van der Waals surface area (Å²) >= 11 is 0. The summed E-state index contributed by atoms with van der Waals surface area (Å²) in [4.78, 5) is 0. The molecule has 0 aromatic carbocycles. The van der Waals surface area contributed by atoms with Crippen LogP contribution in [0.2, 0.25) is 0 Å². The number of hydrogen-bond acceptors (Lipinski definition) is 2. The molecule has 0 amide bonds. The van der Waals surface area contributed by atoms with Crippen molar-refractivity contribution in [3.8, 4) is 0 Å². The van der Waals surface area contributed by atoms with Crippen LogP contribution < -0.4 is 0 Å². The summed E-state index contributed by atoms with van der Waals surface area (Å²) in [6.07, 6.45) is 7.38. The smallest absolute Gasteiger partial charge is 0.0807 e. The Morgan fingerprint density at radius 1 is 1.31 bits per heavy atom. The van der Waals surface area contributed by atoms with Crippen molar-refractivity contribution in [1.29, 1.82) is 0 Å². The molecule has 3 nitrogen and oxygen atoms in total. The van der Waals surface area contributed by atoms with E-state index >= 15 is 0 Å². The number of aliphatic hydroxyl groups excluding tert-OH is 1. The van der Waals surface area contributed by atoms with Gasteiger partial charge in [0.1, 0.15) is 0 Å². The highest BCUT2D eigenvalue weighted by Gasteiger charge is 2.25. The number of nitrogens with zero attached hydrogens (tertiary/aromatic N) is 1. The van der Waals surface area contributed by atoms with Crippen molar-refractivity contribution in [2.75, 3.05) is 13.2 Å². The van der Waals surface area contributed by atoms with Gasteiger partial charge in [0.2, 0.25) is 0 Å². The molecule has 0 spiro atoms. The summed E-state index contributed by atoms with van der Waals surface area (Å²) in [5, 5.41) is 9.93. The minimum atomic E-state index is -0.241. The minimum absolute atomic E-state index is 0.241. The first-order chi connectivity index (χ1) is 7.86. The van der Waals surface area contributed by atoms with Crippen molar-refractivity contribution in [2.24, 2.45) is 0 Å². The predicted molar refractivity (Wildman–Crippen MR) is 61.4 cm³/mol. The van der Waals surface area contributed by atoms with Crippen LogP contribution in [0.25, 0.3) is 0 Å². The van der Waals surface area contributed by atoms with Crippen molar-refractivity contribution in [3.05, 3.63) is 23.5 Å². The number of aromatic nitrogens is 1. The monoisotopic (exact) mass is 221 g/mol. The first kappa shape index (κ1) is 10.4. The van der Waals surface area contributed by atoms with E-state index in [1.165, 1.54) is 12.1 Å². The van der Waals surface area contributed by atoms with Crippen molar-refractivity contribution < 1.29 is 9.84 Å². The largest absolute Gasteiger partial charge is 0.388 e. The molecule has 3 heteroatoms. The fourth-order valence-electron chi connectivity index (χ4n) is 2.98. The molecule has 1 aliphatic heterocycles. The van der Waals surface area contributed by atoms with Crippen LogP contribution in [0.1, 0.15) is 49.1 Å². The van der Waals surface area contributed by atoms with E-state index in [-0.39, 0.29) is 6.10 Å². The molecule has 88 valence electrons. The van der Waals surface area contributed by atoms with Gasteiger partial charge in [0.05, 0.1) is 18.8 Å². The Labute approximate surface area is 96.0 Å². The molecule has 1 fully saturated rings. The maximum atomic E-state index is 9.93. The zero-order valence-electron chi connectivity index (χ0n) is 9.56. The molecule has 1 aromatic heterocycles. The lowest BCUT2D eigenvalue weighted by atomic mass is 9.95. The lowest BCUT2D eigenvalue weighted by molar-refractivity contribution is 0.0577. The van der Waals surface area contributed by atoms with E-state index in [0.29, 0.717) is 6.04 Å². The Kier molecular flexibility index (Phi) is 2.74. The van der Waals surface area contributed by atoms with Crippen molar-refractivity contribution in [3.63, 3.8) is 0 Å². The topological polar surface area (TPSA) is 34.4 Å². The normalized spacial score (nSPS) is 30.1. The second-order valence-corrected chi connectivity index (χ2v) is 4.90. The van der Waals surface area contributed by atoms with Crippen molar-refractivity contribution in [2.45, 2.75) is 44.2 Å². The SMILES string of the molecule is OC1CCCc2c1ccn2C1CCCOC1. The molecule has 1 aliphatic carbocycles. The summed E-state index contributed by atoms with van der Waals surface area (Å²) in [5.74, 6) is 0. The third kappa shape index (κ3) is 1.68. The van der Waals surface area contributed by atoms with Gasteiger partial charge in [-0.25, -0.2) is 0 Å². The second kappa shape index (κ2) is 4.22. The van der Waals surface area contributed by atoms with Gasteiger partial charge in [-0.3, -0.25) is 0 Å². The minimum Gasteiger partial charge on any atom is -0.388 e. The van der Waals surface area contributed by atoms with E-state index in [9.17, 15) is 5.11 Å². The first-order valence-electron chi connectivity index (χ1n) is 6.31. The number of fused-ring (bicyclic) bond motifs is 1. The Bertz CT molecular complexity index is 366. The highest BCUT2D eigenvalue weighted by atomic mass is 16.5. The molecular weight excluding hydrogens is 202 g/mol. The molecule has 2 heterocycles. The molecule has 0 radical (unpaired) electrons. The van der Waals surface area contributed by atoms with Crippen LogP contribution in [0.5, 0.6) is 0 Å². The summed E-state index contributed by atoms with van der Waals surface area (Å²) in [5.41, 5.74) is 2.49. The fraction of sp³-hybridized carbons (Fsp3) is 0.692. The predicted octanol–water partition coefficient (Wildman–Crippen LogP) is 2.21. The molecule has 2 atom stereocenters. The van der Waals surface area contributed by atoms with Gasteiger partial charge in [0.15, 0.2) is 0 Å². The maximum absolute atomic E-state index is 9.93. The Balaban J connectivity index is 1.89.